The van der Waals surface area contributed by atoms with Crippen LogP contribution < -0.4 is 5.59 Å². The highest BCUT2D eigenvalue weighted by Crippen LogP contribution is 2.19. The first-order chi connectivity index (χ1) is 5.11. The van der Waals surface area contributed by atoms with E-state index in [0.29, 0.717) is 5.59 Å². The molecule has 1 aromatic rings. The quantitative estimate of drug-likeness (QED) is 0.316. The maximum atomic E-state index is 10.2. The predicted octanol–water partition coefficient (Wildman–Crippen LogP) is -1.05. The van der Waals surface area contributed by atoms with Gasteiger partial charge in [-0.2, -0.15) is 0 Å². The molecule has 1 rings (SSSR count). The minimum Gasteiger partial charge on any atom is -0.501 e. The Morgan fingerprint density at radius 3 is 2.73 bits per heavy atom. The van der Waals surface area contributed by atoms with Gasteiger partial charge in [-0.05, 0) is 17.1 Å². The number of pyridine rings is 1. The van der Waals surface area contributed by atoms with Crippen LogP contribution in [0.5, 0.6) is 5.75 Å². The molecule has 0 aliphatic heterocycles. The fourth-order valence-electron chi connectivity index (χ4n) is 0.670. The van der Waals surface area contributed by atoms with E-state index >= 15 is 0 Å². The smallest absolute Gasteiger partial charge is 0.405 e. The average Bonchev–Trinajstić information content (AvgIpc) is 1.94. The maximum Gasteiger partial charge on any atom is 0.405 e. The molecule has 6 heteroatoms. The van der Waals surface area contributed by atoms with Crippen LogP contribution in [-0.4, -0.2) is 22.9 Å². The van der Waals surface area contributed by atoms with E-state index in [4.69, 9.17) is 5.11 Å². The molecule has 5 nitrogen and oxygen atoms in total. The number of hydrogen-bond donors (Lipinski definition) is 1. The first kappa shape index (κ1) is 7.52. The van der Waals surface area contributed by atoms with Crippen LogP contribution in [0, 0.1) is 10.1 Å². The lowest BCUT2D eigenvalue weighted by atomic mass is 10.0. The van der Waals surface area contributed by atoms with Crippen molar-refractivity contribution in [3.8, 4) is 5.75 Å². The van der Waals surface area contributed by atoms with Crippen LogP contribution in [0.1, 0.15) is 0 Å². The molecule has 0 atom stereocenters. The first-order valence-corrected chi connectivity index (χ1v) is 2.92. The van der Waals surface area contributed by atoms with Gasteiger partial charge in [-0.1, -0.05) is 4.98 Å². The van der Waals surface area contributed by atoms with Gasteiger partial charge in [-0.15, -0.1) is 0 Å². The third-order valence-electron chi connectivity index (χ3n) is 1.17. The summed E-state index contributed by atoms with van der Waals surface area (Å²) < 4.78 is 0. The van der Waals surface area contributed by atoms with Crippen molar-refractivity contribution in [2.75, 3.05) is 0 Å². The molecule has 0 aliphatic carbocycles. The largest absolute Gasteiger partial charge is 0.501 e. The van der Waals surface area contributed by atoms with Gasteiger partial charge in [0, 0.05) is 0 Å². The molecule has 1 N–H and O–H groups in total. The average molecular weight is 152 g/mol. The summed E-state index contributed by atoms with van der Waals surface area (Å²) in [5.74, 6) is -0.898. The van der Waals surface area contributed by atoms with Gasteiger partial charge in [0.2, 0.25) is 5.75 Å². The van der Waals surface area contributed by atoms with Gasteiger partial charge < -0.3 is 15.2 Å². The molecule has 0 spiro atoms. The monoisotopic (exact) mass is 152 g/mol. The van der Waals surface area contributed by atoms with Crippen LogP contribution >= 0.6 is 0 Å². The number of rotatable bonds is 1. The number of nitrogens with zero attached hydrogens (tertiary/aromatic N) is 2. The van der Waals surface area contributed by atoms with Crippen LogP contribution in [0.3, 0.4) is 0 Å². The van der Waals surface area contributed by atoms with Crippen molar-refractivity contribution in [3.63, 3.8) is 0 Å². The lowest BCUT2D eigenvalue weighted by Gasteiger charge is -1.94. The zero-order valence-electron chi connectivity index (χ0n) is 5.81. The van der Waals surface area contributed by atoms with Gasteiger partial charge in [0.05, 0.1) is 0 Å². The Hall–Kier alpha value is -1.59. The Labute approximate surface area is 63.3 Å². The highest BCUT2D eigenvalue weighted by molar-refractivity contribution is 6.30. The second-order valence-electron chi connectivity index (χ2n) is 2.05. The van der Waals surface area contributed by atoms with Crippen LogP contribution in [-0.2, 0) is 0 Å². The van der Waals surface area contributed by atoms with E-state index in [-0.39, 0.29) is 0 Å². The summed E-state index contributed by atoms with van der Waals surface area (Å²) in [6.07, 6.45) is 0. The summed E-state index contributed by atoms with van der Waals surface area (Å²) >= 11 is 0. The van der Waals surface area contributed by atoms with E-state index in [1.54, 1.807) is 7.85 Å². The van der Waals surface area contributed by atoms with Gasteiger partial charge in [0.15, 0.2) is 7.85 Å². The number of aromatic nitrogens is 1. The molecule has 0 saturated heterocycles. The fraction of sp³-hybridized carbons (Fsp3) is 0. The summed E-state index contributed by atoms with van der Waals surface area (Å²) in [4.78, 5) is 13.0. The lowest BCUT2D eigenvalue weighted by molar-refractivity contribution is -0.390. The van der Waals surface area contributed by atoms with Crippen molar-refractivity contribution in [1.29, 1.82) is 0 Å². The molecular weight excluding hydrogens is 147 g/mol. The molecular formula is C5H5BN2O3. The fourth-order valence-corrected chi connectivity index (χ4v) is 0.670. The third-order valence-corrected chi connectivity index (χ3v) is 1.17. The molecule has 56 valence electrons. The molecule has 0 amide bonds. The molecule has 0 unspecified atom stereocenters. The van der Waals surface area contributed by atoms with Crippen LogP contribution in [0.25, 0.3) is 0 Å². The Morgan fingerprint density at radius 1 is 1.64 bits per heavy atom. The van der Waals surface area contributed by atoms with E-state index < -0.39 is 16.5 Å². The van der Waals surface area contributed by atoms with Gasteiger partial charge in [-0.3, -0.25) is 0 Å². The summed E-state index contributed by atoms with van der Waals surface area (Å²) in [5.41, 5.74) is 0.509. The Morgan fingerprint density at radius 2 is 2.27 bits per heavy atom. The number of hydrogen-bond acceptors (Lipinski definition) is 4. The molecule has 0 aromatic carbocycles. The van der Waals surface area contributed by atoms with Crippen molar-refractivity contribution < 1.29 is 10.0 Å². The van der Waals surface area contributed by atoms with Crippen molar-refractivity contribution in [1.82, 2.24) is 4.98 Å². The number of aromatic hydroxyl groups is 1. The molecule has 0 radical (unpaired) electrons. The highest BCUT2D eigenvalue weighted by atomic mass is 16.6. The SMILES string of the molecule is Bc1ccc(O)c([N+](=O)[O-])n1. The highest BCUT2D eigenvalue weighted by Gasteiger charge is 2.13. The minimum atomic E-state index is -0.720. The Kier molecular flexibility index (Phi) is 1.76. The van der Waals surface area contributed by atoms with Gasteiger partial charge in [-0.25, -0.2) is 0 Å². The van der Waals surface area contributed by atoms with Gasteiger partial charge in [0.1, 0.15) is 5.59 Å². The van der Waals surface area contributed by atoms with Gasteiger partial charge in [0.25, 0.3) is 0 Å². The topological polar surface area (TPSA) is 76.3 Å². The van der Waals surface area contributed by atoms with E-state index in [1.165, 1.54) is 12.1 Å². The third kappa shape index (κ3) is 1.46. The molecule has 0 fully saturated rings. The molecule has 1 heterocycles. The van der Waals surface area contributed by atoms with Crippen LogP contribution in [0.4, 0.5) is 5.82 Å². The molecule has 0 bridgehead atoms. The van der Waals surface area contributed by atoms with Crippen molar-refractivity contribution >= 4 is 19.3 Å². The second-order valence-corrected chi connectivity index (χ2v) is 2.05. The Bertz CT molecular complexity index is 302. The van der Waals surface area contributed by atoms with E-state index in [9.17, 15) is 10.1 Å². The van der Waals surface area contributed by atoms with E-state index in [1.807, 2.05) is 0 Å². The normalized spacial score (nSPS) is 9.45. The van der Waals surface area contributed by atoms with E-state index in [2.05, 4.69) is 4.98 Å². The number of nitro groups is 1. The van der Waals surface area contributed by atoms with E-state index in [0.717, 1.165) is 0 Å². The standard InChI is InChI=1S/C5H5BN2O3/c6-4-2-1-3(9)5(7-4)8(10)11/h1-2,9H,6H2. The molecule has 0 saturated carbocycles. The molecule has 11 heavy (non-hydrogen) atoms. The molecule has 0 aliphatic rings. The predicted molar refractivity (Wildman–Crippen MR) is 40.7 cm³/mol. The van der Waals surface area contributed by atoms with Crippen molar-refractivity contribution in [2.45, 2.75) is 0 Å². The van der Waals surface area contributed by atoms with Crippen LogP contribution in [0.2, 0.25) is 0 Å². The van der Waals surface area contributed by atoms with Crippen molar-refractivity contribution in [2.24, 2.45) is 0 Å². The molecule has 1 aromatic heterocycles. The summed E-state index contributed by atoms with van der Waals surface area (Å²) in [6, 6.07) is 2.75. The van der Waals surface area contributed by atoms with Crippen molar-refractivity contribution in [3.05, 3.63) is 22.2 Å². The Balaban J connectivity index is 3.23. The minimum absolute atomic E-state index is 0.402. The zero-order chi connectivity index (χ0) is 8.43. The summed E-state index contributed by atoms with van der Waals surface area (Å²) in [5, 5.41) is 19.1. The summed E-state index contributed by atoms with van der Waals surface area (Å²) in [6.45, 7) is 0. The maximum absolute atomic E-state index is 10.2. The van der Waals surface area contributed by atoms with Crippen LogP contribution in [0.15, 0.2) is 12.1 Å². The zero-order valence-corrected chi connectivity index (χ0v) is 5.81. The second kappa shape index (κ2) is 2.57. The summed E-state index contributed by atoms with van der Waals surface area (Å²) in [7, 11) is 1.62. The van der Waals surface area contributed by atoms with Gasteiger partial charge >= 0.3 is 5.82 Å². The first-order valence-electron chi connectivity index (χ1n) is 2.92. The lowest BCUT2D eigenvalue weighted by Crippen LogP contribution is -2.09.